The second-order valence-corrected chi connectivity index (χ2v) is 8.52. The van der Waals surface area contributed by atoms with E-state index in [4.69, 9.17) is 14.6 Å². The average molecular weight is 471 g/mol. The number of amides is 1. The Bertz CT molecular complexity index is 920. The van der Waals surface area contributed by atoms with Crippen LogP contribution < -0.4 is 0 Å². The molecule has 1 aromatic heterocycles. The van der Waals surface area contributed by atoms with Crippen LogP contribution in [0, 0.1) is 6.92 Å². The van der Waals surface area contributed by atoms with Gasteiger partial charge in [0.15, 0.2) is 0 Å². The van der Waals surface area contributed by atoms with E-state index in [1.54, 1.807) is 11.3 Å². The van der Waals surface area contributed by atoms with E-state index in [-0.39, 0.29) is 18.1 Å². The Balaban J connectivity index is 0.000000360. The molecule has 0 radical (unpaired) electrons. The fourth-order valence-corrected chi connectivity index (χ4v) is 4.54. The Labute approximate surface area is 188 Å². The number of aliphatic carboxylic acids is 1. The molecule has 10 heteroatoms. The number of carbonyl (C=O) groups is 2. The summed E-state index contributed by atoms with van der Waals surface area (Å²) in [6.45, 7) is 6.35. The monoisotopic (exact) mass is 470 g/mol. The molecule has 6 nitrogen and oxygen atoms in total. The van der Waals surface area contributed by atoms with Crippen molar-refractivity contribution in [2.75, 3.05) is 26.2 Å². The lowest BCUT2D eigenvalue weighted by atomic mass is 9.97. The van der Waals surface area contributed by atoms with Gasteiger partial charge in [-0.3, -0.25) is 9.69 Å². The van der Waals surface area contributed by atoms with Crippen molar-refractivity contribution in [3.05, 3.63) is 57.8 Å². The molecule has 0 saturated carbocycles. The van der Waals surface area contributed by atoms with Gasteiger partial charge in [0.05, 0.1) is 24.3 Å². The number of thiophene rings is 1. The summed E-state index contributed by atoms with van der Waals surface area (Å²) < 4.78 is 37.7. The molecule has 2 fully saturated rings. The Kier molecular flexibility index (Phi) is 7.91. The first-order valence-corrected chi connectivity index (χ1v) is 11.1. The molecule has 0 aliphatic carbocycles. The minimum Gasteiger partial charge on any atom is -0.475 e. The summed E-state index contributed by atoms with van der Waals surface area (Å²) >= 11 is 1.58. The average Bonchev–Trinajstić information content (AvgIpc) is 3.29. The fraction of sp³-hybridized carbons (Fsp3) is 0.455. The molecule has 2 aliphatic rings. The zero-order chi connectivity index (χ0) is 23.3. The summed E-state index contributed by atoms with van der Waals surface area (Å²) in [5.74, 6) is -2.61. The van der Waals surface area contributed by atoms with Crippen molar-refractivity contribution < 1.29 is 32.6 Å². The maximum atomic E-state index is 12.9. The molecule has 0 bridgehead atoms. The highest BCUT2D eigenvalue weighted by atomic mass is 32.1. The smallest absolute Gasteiger partial charge is 0.475 e. The molecule has 4 rings (SSSR count). The maximum Gasteiger partial charge on any atom is 0.490 e. The Morgan fingerprint density at radius 3 is 2.56 bits per heavy atom. The van der Waals surface area contributed by atoms with Gasteiger partial charge >= 0.3 is 12.1 Å². The van der Waals surface area contributed by atoms with Crippen molar-refractivity contribution in [1.82, 2.24) is 9.80 Å². The van der Waals surface area contributed by atoms with E-state index in [0.717, 1.165) is 31.6 Å². The van der Waals surface area contributed by atoms with Crippen LogP contribution in [0.4, 0.5) is 13.2 Å². The molecule has 174 valence electrons. The third-order valence-electron chi connectivity index (χ3n) is 5.60. The van der Waals surface area contributed by atoms with Crippen LogP contribution in [0.5, 0.6) is 0 Å². The maximum absolute atomic E-state index is 12.9. The zero-order valence-electron chi connectivity index (χ0n) is 17.5. The number of nitrogens with zero attached hydrogens (tertiary/aromatic N) is 2. The molecule has 1 amide bonds. The number of carboxylic acids is 1. The van der Waals surface area contributed by atoms with Gasteiger partial charge in [0.25, 0.3) is 5.91 Å². The minimum atomic E-state index is -5.08. The van der Waals surface area contributed by atoms with Crippen LogP contribution in [0.1, 0.15) is 27.9 Å². The number of carbonyl (C=O) groups excluding carboxylic acids is 1. The van der Waals surface area contributed by atoms with Crippen molar-refractivity contribution in [1.29, 1.82) is 0 Å². The molecule has 1 aromatic carbocycles. The number of ether oxygens (including phenoxy) is 1. The van der Waals surface area contributed by atoms with E-state index in [1.807, 2.05) is 21.7 Å². The zero-order valence-corrected chi connectivity index (χ0v) is 18.4. The first-order chi connectivity index (χ1) is 15.2. The number of fused-ring (bicyclic) bond motifs is 1. The highest BCUT2D eigenvalue weighted by molar-refractivity contribution is 7.08. The molecule has 2 saturated heterocycles. The van der Waals surface area contributed by atoms with Gasteiger partial charge in [-0.1, -0.05) is 24.3 Å². The highest BCUT2D eigenvalue weighted by Gasteiger charge is 2.40. The number of alkyl halides is 3. The number of likely N-dealkylation sites (tertiary alicyclic amines) is 1. The number of hydrogen-bond donors (Lipinski definition) is 1. The number of halogens is 3. The quantitative estimate of drug-likeness (QED) is 0.739. The molecule has 1 N–H and O–H groups in total. The SMILES string of the molecule is Cc1ccccc1CN1CC[C@@H]2OCCN(C(=O)c3ccsc3)[C@H]2C1.O=C(O)C(F)(F)F. The third kappa shape index (κ3) is 6.08. The van der Waals surface area contributed by atoms with Gasteiger partial charge < -0.3 is 14.7 Å². The van der Waals surface area contributed by atoms with Crippen molar-refractivity contribution in [3.8, 4) is 0 Å². The van der Waals surface area contributed by atoms with E-state index in [2.05, 4.69) is 36.1 Å². The van der Waals surface area contributed by atoms with Gasteiger partial charge in [0, 0.05) is 31.6 Å². The number of aryl methyl sites for hydroxylation is 1. The lowest BCUT2D eigenvalue weighted by Crippen LogP contribution is -2.61. The summed E-state index contributed by atoms with van der Waals surface area (Å²) in [7, 11) is 0. The fourth-order valence-electron chi connectivity index (χ4n) is 3.91. The molecule has 0 unspecified atom stereocenters. The lowest BCUT2D eigenvalue weighted by molar-refractivity contribution is -0.192. The normalized spacial score (nSPS) is 21.3. The van der Waals surface area contributed by atoms with E-state index < -0.39 is 12.1 Å². The topological polar surface area (TPSA) is 70.1 Å². The van der Waals surface area contributed by atoms with Gasteiger partial charge in [-0.15, -0.1) is 0 Å². The summed E-state index contributed by atoms with van der Waals surface area (Å²) in [4.78, 5) is 26.3. The molecule has 2 aliphatic heterocycles. The summed E-state index contributed by atoms with van der Waals surface area (Å²) in [6, 6.07) is 10.6. The van der Waals surface area contributed by atoms with Crippen LogP contribution in [0.3, 0.4) is 0 Å². The predicted molar refractivity (Wildman–Crippen MR) is 114 cm³/mol. The van der Waals surface area contributed by atoms with Crippen molar-refractivity contribution in [2.45, 2.75) is 38.2 Å². The Morgan fingerprint density at radius 2 is 1.94 bits per heavy atom. The van der Waals surface area contributed by atoms with E-state index in [1.165, 1.54) is 11.1 Å². The number of morpholine rings is 1. The number of hydrogen-bond acceptors (Lipinski definition) is 5. The van der Waals surface area contributed by atoms with E-state index in [9.17, 15) is 18.0 Å². The number of carboxylic acid groups (broad SMARTS) is 1. The van der Waals surface area contributed by atoms with Gasteiger partial charge in [0.1, 0.15) is 0 Å². The number of benzene rings is 1. The summed E-state index contributed by atoms with van der Waals surface area (Å²) in [5, 5.41) is 11.0. The minimum absolute atomic E-state index is 0.150. The predicted octanol–water partition coefficient (Wildman–Crippen LogP) is 3.81. The van der Waals surface area contributed by atoms with Crippen molar-refractivity contribution >= 4 is 23.2 Å². The molecular formula is C22H25F3N2O4S. The van der Waals surface area contributed by atoms with Gasteiger partial charge in [-0.25, -0.2) is 4.79 Å². The molecule has 3 heterocycles. The highest BCUT2D eigenvalue weighted by Crippen LogP contribution is 2.26. The van der Waals surface area contributed by atoms with E-state index >= 15 is 0 Å². The standard InChI is InChI=1S/C20H24N2O2S.C2HF3O2/c1-15-4-2-3-5-16(15)12-21-8-6-19-18(13-21)22(9-10-24-19)20(23)17-7-11-25-14-17;3-2(4,5)1(6)7/h2-5,7,11,14,18-19H,6,8-10,12-13H2,1H3;(H,6,7)/t18-,19-;/m0./s1. The van der Waals surface area contributed by atoms with Crippen LogP contribution in [0.25, 0.3) is 0 Å². The van der Waals surface area contributed by atoms with Crippen molar-refractivity contribution in [2.24, 2.45) is 0 Å². The van der Waals surface area contributed by atoms with Gasteiger partial charge in [0.2, 0.25) is 0 Å². The number of piperidine rings is 1. The molecule has 0 spiro atoms. The largest absolute Gasteiger partial charge is 0.490 e. The first-order valence-electron chi connectivity index (χ1n) is 10.2. The van der Waals surface area contributed by atoms with Gasteiger partial charge in [-0.2, -0.15) is 24.5 Å². The number of rotatable bonds is 3. The van der Waals surface area contributed by atoms with Crippen LogP contribution in [0.15, 0.2) is 41.1 Å². The molecule has 2 atom stereocenters. The second-order valence-electron chi connectivity index (χ2n) is 7.74. The van der Waals surface area contributed by atoms with Crippen molar-refractivity contribution in [3.63, 3.8) is 0 Å². The first kappa shape index (κ1) is 24.2. The third-order valence-corrected chi connectivity index (χ3v) is 6.28. The molecule has 32 heavy (non-hydrogen) atoms. The summed E-state index contributed by atoms with van der Waals surface area (Å²) in [5.41, 5.74) is 3.51. The second kappa shape index (κ2) is 10.5. The van der Waals surface area contributed by atoms with Gasteiger partial charge in [-0.05, 0) is 35.9 Å². The Morgan fingerprint density at radius 1 is 1.22 bits per heavy atom. The lowest BCUT2D eigenvalue weighted by Gasteiger charge is -2.47. The molecular weight excluding hydrogens is 445 g/mol. The van der Waals surface area contributed by atoms with Crippen LogP contribution in [-0.4, -0.2) is 71.3 Å². The summed E-state index contributed by atoms with van der Waals surface area (Å²) in [6.07, 6.45) is -3.92. The van der Waals surface area contributed by atoms with Crippen LogP contribution >= 0.6 is 11.3 Å². The van der Waals surface area contributed by atoms with E-state index in [0.29, 0.717) is 13.2 Å². The van der Waals surface area contributed by atoms with Crippen LogP contribution in [0.2, 0.25) is 0 Å². The molecule has 2 aromatic rings. The Hall–Kier alpha value is -2.43. The van der Waals surface area contributed by atoms with Crippen LogP contribution in [-0.2, 0) is 16.1 Å².